The molecule has 0 radical (unpaired) electrons. The second kappa shape index (κ2) is 4.00. The Morgan fingerprint density at radius 1 is 1.38 bits per heavy atom. The number of allylic oxidation sites excluding steroid dienone is 1. The number of nitrogens with zero attached hydrogens (tertiary/aromatic N) is 1. The van der Waals surface area contributed by atoms with Crippen LogP contribution in [0.25, 0.3) is 0 Å². The van der Waals surface area contributed by atoms with Crippen LogP contribution in [0.4, 0.5) is 0 Å². The summed E-state index contributed by atoms with van der Waals surface area (Å²) in [6.45, 7) is 0. The number of hydrogen-bond acceptors (Lipinski definition) is 3. The van der Waals surface area contributed by atoms with Gasteiger partial charge in [0.05, 0.1) is 7.11 Å². The minimum absolute atomic E-state index is 0.114. The van der Waals surface area contributed by atoms with Crippen LogP contribution in [-0.2, 0) is 6.42 Å². The maximum absolute atomic E-state index is 12.0. The molecule has 0 saturated heterocycles. The number of hydrogen-bond donors (Lipinski definition) is 0. The lowest BCUT2D eigenvalue weighted by Gasteiger charge is -2.05. The summed E-state index contributed by atoms with van der Waals surface area (Å²) in [5, 5.41) is 0. The normalized spacial score (nSPS) is 16.4. The SMILES string of the molecule is COc1ccc2c(c1)C(=O)C(=CN(C)C)C2. The first-order valence-corrected chi connectivity index (χ1v) is 5.20. The van der Waals surface area contributed by atoms with E-state index in [9.17, 15) is 4.79 Å². The molecule has 0 saturated carbocycles. The molecule has 0 spiro atoms. The summed E-state index contributed by atoms with van der Waals surface area (Å²) in [5.41, 5.74) is 2.69. The predicted octanol–water partition coefficient (Wildman–Crippen LogP) is 1.88. The first-order chi connectivity index (χ1) is 7.61. The van der Waals surface area contributed by atoms with Gasteiger partial charge in [0.25, 0.3) is 0 Å². The van der Waals surface area contributed by atoms with Gasteiger partial charge in [-0.25, -0.2) is 0 Å². The maximum Gasteiger partial charge on any atom is 0.191 e. The van der Waals surface area contributed by atoms with Crippen molar-refractivity contribution in [1.29, 1.82) is 0 Å². The lowest BCUT2D eigenvalue weighted by Crippen LogP contribution is -2.06. The number of carbonyl (C=O) groups excluding carboxylic acids is 1. The van der Waals surface area contributed by atoms with E-state index in [1.54, 1.807) is 7.11 Å². The Labute approximate surface area is 95.3 Å². The Morgan fingerprint density at radius 3 is 2.75 bits per heavy atom. The molecule has 0 aliphatic heterocycles. The van der Waals surface area contributed by atoms with Crippen molar-refractivity contribution in [3.05, 3.63) is 41.1 Å². The molecule has 0 aromatic heterocycles. The quantitative estimate of drug-likeness (QED) is 0.708. The van der Waals surface area contributed by atoms with Crippen LogP contribution in [0.2, 0.25) is 0 Å². The first-order valence-electron chi connectivity index (χ1n) is 5.20. The molecule has 16 heavy (non-hydrogen) atoms. The van der Waals surface area contributed by atoms with Crippen LogP contribution in [-0.4, -0.2) is 31.9 Å². The van der Waals surface area contributed by atoms with Crippen molar-refractivity contribution >= 4 is 5.78 Å². The third-order valence-electron chi connectivity index (χ3n) is 2.65. The smallest absolute Gasteiger partial charge is 0.191 e. The molecule has 1 aliphatic rings. The highest BCUT2D eigenvalue weighted by Gasteiger charge is 2.25. The lowest BCUT2D eigenvalue weighted by molar-refractivity contribution is 0.103. The van der Waals surface area contributed by atoms with E-state index in [0.717, 1.165) is 28.9 Å². The van der Waals surface area contributed by atoms with Crippen LogP contribution in [0.1, 0.15) is 15.9 Å². The van der Waals surface area contributed by atoms with Crippen molar-refractivity contribution in [3.8, 4) is 5.75 Å². The topological polar surface area (TPSA) is 29.5 Å². The van der Waals surface area contributed by atoms with Crippen LogP contribution >= 0.6 is 0 Å². The van der Waals surface area contributed by atoms with Gasteiger partial charge in [0.15, 0.2) is 5.78 Å². The number of ketones is 1. The van der Waals surface area contributed by atoms with E-state index in [4.69, 9.17) is 4.74 Å². The van der Waals surface area contributed by atoms with Crippen molar-refractivity contribution in [3.63, 3.8) is 0 Å². The summed E-state index contributed by atoms with van der Waals surface area (Å²) in [6, 6.07) is 5.67. The molecule has 1 aromatic rings. The van der Waals surface area contributed by atoms with Gasteiger partial charge in [-0.3, -0.25) is 4.79 Å². The molecule has 1 aromatic carbocycles. The first kappa shape index (κ1) is 10.7. The van der Waals surface area contributed by atoms with Gasteiger partial charge < -0.3 is 9.64 Å². The molecule has 84 valence electrons. The van der Waals surface area contributed by atoms with Crippen LogP contribution < -0.4 is 4.74 Å². The summed E-state index contributed by atoms with van der Waals surface area (Å²) in [4.78, 5) is 13.9. The zero-order chi connectivity index (χ0) is 11.7. The zero-order valence-corrected chi connectivity index (χ0v) is 9.78. The largest absolute Gasteiger partial charge is 0.497 e. The number of methoxy groups -OCH3 is 1. The van der Waals surface area contributed by atoms with Crippen molar-refractivity contribution in [2.24, 2.45) is 0 Å². The van der Waals surface area contributed by atoms with E-state index in [1.807, 2.05) is 43.4 Å². The van der Waals surface area contributed by atoms with Gasteiger partial charge in [-0.2, -0.15) is 0 Å². The highest BCUT2D eigenvalue weighted by atomic mass is 16.5. The second-order valence-electron chi connectivity index (χ2n) is 4.15. The predicted molar refractivity (Wildman–Crippen MR) is 62.8 cm³/mol. The van der Waals surface area contributed by atoms with Gasteiger partial charge >= 0.3 is 0 Å². The Morgan fingerprint density at radius 2 is 2.12 bits per heavy atom. The molecule has 0 amide bonds. The molecule has 1 aliphatic carbocycles. The Hall–Kier alpha value is -1.77. The van der Waals surface area contributed by atoms with E-state index in [-0.39, 0.29) is 5.78 Å². The van der Waals surface area contributed by atoms with Crippen molar-refractivity contribution in [2.45, 2.75) is 6.42 Å². The lowest BCUT2D eigenvalue weighted by atomic mass is 10.1. The fourth-order valence-corrected chi connectivity index (χ4v) is 1.92. The van der Waals surface area contributed by atoms with Gasteiger partial charge in [0, 0.05) is 37.9 Å². The fraction of sp³-hybridized carbons (Fsp3) is 0.308. The van der Waals surface area contributed by atoms with E-state index in [2.05, 4.69) is 0 Å². The minimum atomic E-state index is 0.114. The molecule has 0 atom stereocenters. The van der Waals surface area contributed by atoms with E-state index in [1.165, 1.54) is 0 Å². The molecular formula is C13H15NO2. The average Bonchev–Trinajstić information content (AvgIpc) is 2.55. The molecule has 0 bridgehead atoms. The molecule has 0 N–H and O–H groups in total. The second-order valence-corrected chi connectivity index (χ2v) is 4.15. The summed E-state index contributed by atoms with van der Waals surface area (Å²) in [5.74, 6) is 0.848. The van der Waals surface area contributed by atoms with Crippen molar-refractivity contribution in [1.82, 2.24) is 4.90 Å². The summed E-state index contributed by atoms with van der Waals surface area (Å²) >= 11 is 0. The highest BCUT2D eigenvalue weighted by Crippen LogP contribution is 2.29. The Balaban J connectivity index is 2.39. The Bertz CT molecular complexity index is 461. The van der Waals surface area contributed by atoms with Crippen molar-refractivity contribution < 1.29 is 9.53 Å². The number of Topliss-reactive ketones (excluding diaryl/α,β-unsaturated/α-hetero) is 1. The third-order valence-corrected chi connectivity index (χ3v) is 2.65. The van der Waals surface area contributed by atoms with Crippen molar-refractivity contribution in [2.75, 3.05) is 21.2 Å². The summed E-state index contributed by atoms with van der Waals surface area (Å²) < 4.78 is 5.12. The van der Waals surface area contributed by atoms with Crippen LogP contribution in [0.5, 0.6) is 5.75 Å². The molecule has 0 heterocycles. The van der Waals surface area contributed by atoms with Gasteiger partial charge in [-0.1, -0.05) is 6.07 Å². The van der Waals surface area contributed by atoms with Crippen LogP contribution in [0.3, 0.4) is 0 Å². The number of rotatable bonds is 2. The maximum atomic E-state index is 12.0. The third kappa shape index (κ3) is 1.81. The van der Waals surface area contributed by atoms with Crippen LogP contribution in [0.15, 0.2) is 30.0 Å². The minimum Gasteiger partial charge on any atom is -0.497 e. The standard InChI is InChI=1S/C13H15NO2/c1-14(2)8-10-6-9-4-5-11(16-3)7-12(9)13(10)15/h4-5,7-8H,6H2,1-3H3. The van der Waals surface area contributed by atoms with Gasteiger partial charge in [0.2, 0.25) is 0 Å². The van der Waals surface area contributed by atoms with Gasteiger partial charge in [0.1, 0.15) is 5.75 Å². The zero-order valence-electron chi connectivity index (χ0n) is 9.78. The number of ether oxygens (including phenoxy) is 1. The number of carbonyl (C=O) groups is 1. The van der Waals surface area contributed by atoms with E-state index < -0.39 is 0 Å². The number of fused-ring (bicyclic) bond motifs is 1. The number of benzene rings is 1. The van der Waals surface area contributed by atoms with Gasteiger partial charge in [-0.05, 0) is 17.7 Å². The molecule has 3 nitrogen and oxygen atoms in total. The van der Waals surface area contributed by atoms with Gasteiger partial charge in [-0.15, -0.1) is 0 Å². The molecule has 0 unspecified atom stereocenters. The monoisotopic (exact) mass is 217 g/mol. The van der Waals surface area contributed by atoms with E-state index in [0.29, 0.717) is 0 Å². The summed E-state index contributed by atoms with van der Waals surface area (Å²) in [7, 11) is 5.45. The Kier molecular flexibility index (Phi) is 2.69. The van der Waals surface area contributed by atoms with E-state index >= 15 is 0 Å². The molecule has 3 heteroatoms. The molecule has 0 fully saturated rings. The summed E-state index contributed by atoms with van der Waals surface area (Å²) in [6.07, 6.45) is 2.60. The van der Waals surface area contributed by atoms with Crippen LogP contribution in [0, 0.1) is 0 Å². The highest BCUT2D eigenvalue weighted by molar-refractivity contribution is 6.13. The average molecular weight is 217 g/mol. The fourth-order valence-electron chi connectivity index (χ4n) is 1.92. The molecular weight excluding hydrogens is 202 g/mol. The molecule has 2 rings (SSSR count).